The minimum absolute atomic E-state index is 0.259. The van der Waals surface area contributed by atoms with Crippen molar-refractivity contribution in [3.63, 3.8) is 0 Å². The number of hydrogen-bond donors (Lipinski definition) is 1. The molecule has 0 aliphatic rings. The highest BCUT2D eigenvalue weighted by Gasteiger charge is 2.21. The van der Waals surface area contributed by atoms with Crippen LogP contribution < -0.4 is 5.56 Å². The Morgan fingerprint density at radius 3 is 2.85 bits per heavy atom. The molecule has 0 fully saturated rings. The molecule has 0 aliphatic heterocycles. The summed E-state index contributed by atoms with van der Waals surface area (Å²) in [6.45, 7) is 4.72. The van der Waals surface area contributed by atoms with Crippen LogP contribution in [0.1, 0.15) is 26.0 Å². The number of aromatic amines is 1. The fraction of sp³-hybridized carbons (Fsp3) is 0.417. The molecule has 0 unspecified atom stereocenters. The molecule has 106 valence electrons. The normalized spacial score (nSPS) is 11.9. The summed E-state index contributed by atoms with van der Waals surface area (Å²) in [6.07, 6.45) is -0.637. The molecule has 0 radical (unpaired) electrons. The third-order valence-electron chi connectivity index (χ3n) is 2.88. The van der Waals surface area contributed by atoms with Crippen LogP contribution >= 0.6 is 11.3 Å². The van der Waals surface area contributed by atoms with Gasteiger partial charge < -0.3 is 9.47 Å². The van der Waals surface area contributed by atoms with Gasteiger partial charge in [-0.2, -0.15) is 5.10 Å². The molecule has 20 heavy (non-hydrogen) atoms. The second kappa shape index (κ2) is 5.31. The summed E-state index contributed by atoms with van der Waals surface area (Å²) in [5, 5.41) is 6.57. The van der Waals surface area contributed by atoms with Gasteiger partial charge in [0.15, 0.2) is 11.5 Å². The zero-order valence-electron chi connectivity index (χ0n) is 11.1. The summed E-state index contributed by atoms with van der Waals surface area (Å²) < 4.78 is 13.7. The summed E-state index contributed by atoms with van der Waals surface area (Å²) in [6, 6.07) is 1.80. The molecule has 0 aliphatic carbocycles. The van der Waals surface area contributed by atoms with Crippen molar-refractivity contribution >= 4 is 27.2 Å². The van der Waals surface area contributed by atoms with Crippen molar-refractivity contribution in [2.45, 2.75) is 20.1 Å². The van der Waals surface area contributed by atoms with Crippen molar-refractivity contribution in [3.8, 4) is 0 Å². The first-order valence-corrected chi connectivity index (χ1v) is 7.20. The average molecular weight is 294 g/mol. The van der Waals surface area contributed by atoms with Crippen molar-refractivity contribution < 1.29 is 9.47 Å². The van der Waals surface area contributed by atoms with Gasteiger partial charge in [0.25, 0.3) is 5.56 Å². The van der Waals surface area contributed by atoms with Crippen LogP contribution in [0.15, 0.2) is 16.4 Å². The van der Waals surface area contributed by atoms with E-state index in [1.165, 1.54) is 11.3 Å². The molecule has 3 aromatic rings. The predicted molar refractivity (Wildman–Crippen MR) is 75.0 cm³/mol. The smallest absolute Gasteiger partial charge is 0.288 e. The predicted octanol–water partition coefficient (Wildman–Crippen LogP) is 1.70. The van der Waals surface area contributed by atoms with E-state index in [0.717, 1.165) is 4.70 Å². The molecule has 0 aromatic carbocycles. The second-order valence-corrected chi connectivity index (χ2v) is 4.95. The average Bonchev–Trinajstić information content (AvgIpc) is 3.00. The van der Waals surface area contributed by atoms with E-state index >= 15 is 0 Å². The minimum Gasteiger partial charge on any atom is -0.346 e. The van der Waals surface area contributed by atoms with Gasteiger partial charge in [-0.15, -0.1) is 11.3 Å². The first kappa shape index (κ1) is 13.2. The van der Waals surface area contributed by atoms with E-state index in [1.54, 1.807) is 16.0 Å². The Bertz CT molecular complexity index is 785. The number of nitrogens with zero attached hydrogens (tertiary/aromatic N) is 3. The van der Waals surface area contributed by atoms with Crippen molar-refractivity contribution in [1.82, 2.24) is 19.6 Å². The lowest BCUT2D eigenvalue weighted by atomic mass is 10.5. The minimum atomic E-state index is -0.637. The number of H-pyrrole nitrogens is 1. The molecule has 0 saturated carbocycles. The van der Waals surface area contributed by atoms with E-state index < -0.39 is 6.29 Å². The zero-order chi connectivity index (χ0) is 14.1. The van der Waals surface area contributed by atoms with Gasteiger partial charge in [-0.25, -0.2) is 10.1 Å². The van der Waals surface area contributed by atoms with Gasteiger partial charge in [0, 0.05) is 13.2 Å². The largest absolute Gasteiger partial charge is 0.346 e. The lowest BCUT2D eigenvalue weighted by Gasteiger charge is -2.17. The van der Waals surface area contributed by atoms with Gasteiger partial charge in [0.1, 0.15) is 5.52 Å². The van der Waals surface area contributed by atoms with Crippen LogP contribution in [0, 0.1) is 0 Å². The van der Waals surface area contributed by atoms with E-state index in [1.807, 2.05) is 13.8 Å². The van der Waals surface area contributed by atoms with Gasteiger partial charge in [0.2, 0.25) is 6.29 Å². The fourth-order valence-corrected chi connectivity index (χ4v) is 2.79. The van der Waals surface area contributed by atoms with E-state index in [4.69, 9.17) is 9.47 Å². The zero-order valence-corrected chi connectivity index (χ0v) is 11.9. The molecule has 1 N–H and O–H groups in total. The molecule has 0 amide bonds. The highest BCUT2D eigenvalue weighted by Crippen LogP contribution is 2.25. The highest BCUT2D eigenvalue weighted by atomic mass is 32.1. The van der Waals surface area contributed by atoms with E-state index in [2.05, 4.69) is 15.2 Å². The van der Waals surface area contributed by atoms with Crippen LogP contribution in [-0.4, -0.2) is 32.8 Å². The quantitative estimate of drug-likeness (QED) is 0.724. The lowest BCUT2D eigenvalue weighted by Crippen LogP contribution is -2.21. The number of aromatic nitrogens is 4. The molecule has 7 nitrogen and oxygen atoms in total. The van der Waals surface area contributed by atoms with Crippen LogP contribution in [-0.2, 0) is 9.47 Å². The van der Waals surface area contributed by atoms with Crippen molar-refractivity contribution in [2.75, 3.05) is 13.2 Å². The number of rotatable bonds is 5. The summed E-state index contributed by atoms with van der Waals surface area (Å²) in [7, 11) is 0. The maximum Gasteiger partial charge on any atom is 0.288 e. The summed E-state index contributed by atoms with van der Waals surface area (Å²) in [5.74, 6) is 0.490. The SMILES string of the molecule is CCOC(OCC)c1n[nH]c(=O)c2cc3scnc3n12. The lowest BCUT2D eigenvalue weighted by molar-refractivity contribution is -0.146. The molecule has 3 aromatic heterocycles. The van der Waals surface area contributed by atoms with Gasteiger partial charge in [-0.3, -0.25) is 9.20 Å². The van der Waals surface area contributed by atoms with Crippen LogP contribution in [0.4, 0.5) is 0 Å². The van der Waals surface area contributed by atoms with E-state index in [0.29, 0.717) is 30.2 Å². The Morgan fingerprint density at radius 2 is 2.15 bits per heavy atom. The number of fused-ring (bicyclic) bond motifs is 3. The number of ether oxygens (including phenoxy) is 2. The molecular formula is C12H14N4O3S. The maximum absolute atomic E-state index is 11.9. The number of nitrogens with one attached hydrogen (secondary N) is 1. The molecule has 3 rings (SSSR count). The first-order chi connectivity index (χ1) is 9.76. The highest BCUT2D eigenvalue weighted by molar-refractivity contribution is 7.16. The summed E-state index contributed by atoms with van der Waals surface area (Å²) in [5.41, 5.74) is 2.67. The molecule has 0 bridgehead atoms. The molecule has 0 spiro atoms. The Labute approximate surface area is 118 Å². The Morgan fingerprint density at radius 1 is 1.40 bits per heavy atom. The number of thiazole rings is 1. The van der Waals surface area contributed by atoms with Gasteiger partial charge in [-0.1, -0.05) is 0 Å². The Balaban J connectivity index is 2.28. The van der Waals surface area contributed by atoms with Crippen LogP contribution in [0.2, 0.25) is 0 Å². The maximum atomic E-state index is 11.9. The molecule has 8 heteroatoms. The van der Waals surface area contributed by atoms with Crippen molar-refractivity contribution in [1.29, 1.82) is 0 Å². The first-order valence-electron chi connectivity index (χ1n) is 6.32. The second-order valence-electron chi connectivity index (χ2n) is 4.06. The molecule has 3 heterocycles. The summed E-state index contributed by atoms with van der Waals surface area (Å²) in [4.78, 5) is 16.2. The topological polar surface area (TPSA) is 81.5 Å². The molecular weight excluding hydrogens is 280 g/mol. The van der Waals surface area contributed by atoms with E-state index in [-0.39, 0.29) is 5.56 Å². The fourth-order valence-electron chi connectivity index (χ4n) is 2.09. The molecule has 0 saturated heterocycles. The van der Waals surface area contributed by atoms with Gasteiger partial charge in [-0.05, 0) is 19.9 Å². The van der Waals surface area contributed by atoms with Crippen LogP contribution in [0.3, 0.4) is 0 Å². The Kier molecular flexibility index (Phi) is 3.51. The third kappa shape index (κ3) is 2.01. The third-order valence-corrected chi connectivity index (χ3v) is 3.64. The molecule has 0 atom stereocenters. The number of hydrogen-bond acceptors (Lipinski definition) is 6. The van der Waals surface area contributed by atoms with Crippen molar-refractivity contribution in [3.05, 3.63) is 27.8 Å². The Hall–Kier alpha value is -1.77. The monoisotopic (exact) mass is 294 g/mol. The van der Waals surface area contributed by atoms with Gasteiger partial charge in [0.05, 0.1) is 10.2 Å². The standard InChI is InChI=1S/C12H14N4O3S/c1-3-18-12(19-4-2)10-14-15-11(17)7-5-8-9(16(7)10)13-6-20-8/h5-6,12H,3-4H2,1-2H3,(H,15,17). The van der Waals surface area contributed by atoms with Gasteiger partial charge >= 0.3 is 0 Å². The summed E-state index contributed by atoms with van der Waals surface area (Å²) >= 11 is 1.47. The van der Waals surface area contributed by atoms with Crippen LogP contribution in [0.25, 0.3) is 15.9 Å². The van der Waals surface area contributed by atoms with Crippen LogP contribution in [0.5, 0.6) is 0 Å². The van der Waals surface area contributed by atoms with E-state index in [9.17, 15) is 4.79 Å². The van der Waals surface area contributed by atoms with Crippen molar-refractivity contribution in [2.24, 2.45) is 0 Å².